The largest absolute Gasteiger partial charge is 0.494 e. The number of aryl methyl sites for hydroxylation is 1. The first-order valence-electron chi connectivity index (χ1n) is 16.9. The zero-order valence-corrected chi connectivity index (χ0v) is 27.7. The number of likely N-dealkylation sites (N-methyl/N-ethyl adjacent to an activating group) is 1. The van der Waals surface area contributed by atoms with E-state index in [0.29, 0.717) is 18.4 Å². The van der Waals surface area contributed by atoms with E-state index < -0.39 is 12.0 Å². The monoisotopic (exact) mass is 618 g/mol. The van der Waals surface area contributed by atoms with Crippen LogP contribution < -0.4 is 4.74 Å². The Hall–Kier alpha value is -3.23. The molecule has 0 amide bonds. The standard InChI is InChI=1S/C37H51FN4O3/c1-6-42-35(22-31(39-42)18-26-10-8-13-33(19-26)45-7-2)27-14-16-41(17-15-27)24-29-21-32(40(5)36(25(3)4)37(43)44)23-34(29)28-11-9-12-30(38)20-28/h8-13,19-20,22,25,27,29,32,34,36H,6-7,14-18,21,23-24H2,1-5H3,(H,43,44)/t29?,32?,34?,36-/m1/s1. The van der Waals surface area contributed by atoms with Crippen LogP contribution in [0.2, 0.25) is 0 Å². The van der Waals surface area contributed by atoms with Crippen molar-refractivity contribution in [1.29, 1.82) is 0 Å². The molecule has 2 aromatic carbocycles. The van der Waals surface area contributed by atoms with E-state index in [-0.39, 0.29) is 23.7 Å². The Morgan fingerprint density at radius 1 is 1.09 bits per heavy atom. The lowest BCUT2D eigenvalue weighted by molar-refractivity contribution is -0.145. The van der Waals surface area contributed by atoms with Crippen molar-refractivity contribution in [2.24, 2.45) is 11.8 Å². The van der Waals surface area contributed by atoms with Crippen molar-refractivity contribution < 1.29 is 19.0 Å². The third kappa shape index (κ3) is 7.95. The molecule has 1 N–H and O–H groups in total. The molecular weight excluding hydrogens is 567 g/mol. The molecule has 5 rings (SSSR count). The Labute approximate surface area is 268 Å². The number of benzene rings is 2. The highest BCUT2D eigenvalue weighted by molar-refractivity contribution is 5.73. The summed E-state index contributed by atoms with van der Waals surface area (Å²) in [5.74, 6) is 0.961. The van der Waals surface area contributed by atoms with Crippen LogP contribution in [0.25, 0.3) is 0 Å². The Balaban J connectivity index is 1.25. The SMILES string of the molecule is CCOc1cccc(Cc2cc(C3CCN(CC4CC(N(C)[C@@H](C(=O)O)C(C)C)CC4c4cccc(F)c4)CC3)n(CC)n2)c1. The van der Waals surface area contributed by atoms with Gasteiger partial charge in [0.2, 0.25) is 0 Å². The van der Waals surface area contributed by atoms with Crippen LogP contribution in [0, 0.1) is 17.7 Å². The molecule has 2 heterocycles. The van der Waals surface area contributed by atoms with Crippen molar-refractivity contribution in [3.8, 4) is 5.75 Å². The highest BCUT2D eigenvalue weighted by Gasteiger charge is 2.42. The fourth-order valence-corrected chi connectivity index (χ4v) is 7.95. The quantitative estimate of drug-likeness (QED) is 0.227. The van der Waals surface area contributed by atoms with E-state index in [0.717, 1.165) is 75.3 Å². The van der Waals surface area contributed by atoms with E-state index in [1.807, 2.05) is 46.0 Å². The lowest BCUT2D eigenvalue weighted by atomic mass is 9.87. The molecule has 8 heteroatoms. The van der Waals surface area contributed by atoms with Crippen LogP contribution in [0.15, 0.2) is 54.6 Å². The van der Waals surface area contributed by atoms with Gasteiger partial charge >= 0.3 is 5.97 Å². The predicted octanol–water partition coefficient (Wildman–Crippen LogP) is 6.81. The van der Waals surface area contributed by atoms with Crippen LogP contribution in [0.4, 0.5) is 4.39 Å². The second-order valence-corrected chi connectivity index (χ2v) is 13.4. The molecule has 1 saturated heterocycles. The third-order valence-electron chi connectivity index (χ3n) is 10.1. The first kappa shape index (κ1) is 33.1. The second kappa shape index (κ2) is 14.9. The summed E-state index contributed by atoms with van der Waals surface area (Å²) < 4.78 is 22.2. The zero-order chi connectivity index (χ0) is 32.1. The summed E-state index contributed by atoms with van der Waals surface area (Å²) in [7, 11) is 1.96. The first-order valence-corrected chi connectivity index (χ1v) is 16.9. The van der Waals surface area contributed by atoms with Crippen LogP contribution in [0.5, 0.6) is 5.75 Å². The Bertz CT molecular complexity index is 1420. The van der Waals surface area contributed by atoms with Crippen molar-refractivity contribution in [1.82, 2.24) is 19.6 Å². The minimum Gasteiger partial charge on any atom is -0.494 e. The Morgan fingerprint density at radius 3 is 2.51 bits per heavy atom. The molecule has 4 atom stereocenters. The minimum atomic E-state index is -0.770. The summed E-state index contributed by atoms with van der Waals surface area (Å²) in [6.07, 6.45) is 4.73. The smallest absolute Gasteiger partial charge is 0.321 e. The fraction of sp³-hybridized carbons (Fsp3) is 0.568. The van der Waals surface area contributed by atoms with E-state index in [2.05, 4.69) is 39.6 Å². The van der Waals surface area contributed by atoms with Crippen molar-refractivity contribution in [2.75, 3.05) is 33.3 Å². The summed E-state index contributed by atoms with van der Waals surface area (Å²) in [6.45, 7) is 12.6. The van der Waals surface area contributed by atoms with E-state index in [4.69, 9.17) is 9.84 Å². The summed E-state index contributed by atoms with van der Waals surface area (Å²) in [5.41, 5.74) is 4.68. The maximum absolute atomic E-state index is 14.3. The Morgan fingerprint density at radius 2 is 1.84 bits per heavy atom. The number of nitrogens with zero attached hydrogens (tertiary/aromatic N) is 4. The number of carbonyl (C=O) groups is 1. The number of aromatic nitrogens is 2. The highest BCUT2D eigenvalue weighted by Crippen LogP contribution is 2.43. The molecule has 0 spiro atoms. The van der Waals surface area contributed by atoms with Gasteiger partial charge in [-0.05, 0) is 119 Å². The molecule has 1 aliphatic carbocycles. The van der Waals surface area contributed by atoms with Crippen LogP contribution in [0.1, 0.15) is 87.7 Å². The van der Waals surface area contributed by atoms with Crippen molar-refractivity contribution in [3.63, 3.8) is 0 Å². The van der Waals surface area contributed by atoms with Gasteiger partial charge in [0.05, 0.1) is 12.3 Å². The van der Waals surface area contributed by atoms with Crippen molar-refractivity contribution in [2.45, 2.75) is 90.3 Å². The number of hydrogen-bond acceptors (Lipinski definition) is 5. The van der Waals surface area contributed by atoms with E-state index in [9.17, 15) is 14.3 Å². The lowest BCUT2D eigenvalue weighted by Crippen LogP contribution is -2.47. The van der Waals surface area contributed by atoms with Crippen molar-refractivity contribution in [3.05, 3.63) is 82.9 Å². The predicted molar refractivity (Wildman–Crippen MR) is 176 cm³/mol. The molecule has 7 nitrogen and oxygen atoms in total. The van der Waals surface area contributed by atoms with Gasteiger partial charge in [0.25, 0.3) is 0 Å². The lowest BCUT2D eigenvalue weighted by Gasteiger charge is -2.35. The van der Waals surface area contributed by atoms with Gasteiger partial charge < -0.3 is 14.7 Å². The van der Waals surface area contributed by atoms with Crippen LogP contribution in [-0.2, 0) is 17.8 Å². The van der Waals surface area contributed by atoms with Gasteiger partial charge in [0.1, 0.15) is 17.6 Å². The molecule has 1 aliphatic heterocycles. The number of aliphatic carboxylic acids is 1. The van der Waals surface area contributed by atoms with Gasteiger partial charge in [0.15, 0.2) is 0 Å². The number of piperidine rings is 1. The van der Waals surface area contributed by atoms with Gasteiger partial charge in [-0.15, -0.1) is 0 Å². The molecule has 244 valence electrons. The molecule has 0 radical (unpaired) electrons. The number of hydrogen-bond donors (Lipinski definition) is 1. The van der Waals surface area contributed by atoms with Gasteiger partial charge in [-0.1, -0.05) is 38.1 Å². The summed E-state index contributed by atoms with van der Waals surface area (Å²) in [5, 5.41) is 14.9. The number of ether oxygens (including phenoxy) is 1. The van der Waals surface area contributed by atoms with Crippen LogP contribution in [-0.4, -0.2) is 76.0 Å². The first-order chi connectivity index (χ1) is 21.7. The molecule has 45 heavy (non-hydrogen) atoms. The highest BCUT2D eigenvalue weighted by atomic mass is 19.1. The second-order valence-electron chi connectivity index (χ2n) is 13.4. The molecule has 2 fully saturated rings. The number of carboxylic acid groups (broad SMARTS) is 1. The molecule has 1 aromatic heterocycles. The van der Waals surface area contributed by atoms with Crippen LogP contribution >= 0.6 is 0 Å². The third-order valence-corrected chi connectivity index (χ3v) is 10.1. The van der Waals surface area contributed by atoms with Gasteiger partial charge in [-0.2, -0.15) is 5.10 Å². The zero-order valence-electron chi connectivity index (χ0n) is 27.7. The molecule has 0 bridgehead atoms. The maximum Gasteiger partial charge on any atom is 0.321 e. The number of likely N-dealkylation sites (tertiary alicyclic amines) is 1. The summed E-state index contributed by atoms with van der Waals surface area (Å²) in [4.78, 5) is 16.8. The molecule has 3 aromatic rings. The fourth-order valence-electron chi connectivity index (χ4n) is 7.95. The Kier molecular flexibility index (Phi) is 11.0. The average molecular weight is 619 g/mol. The number of carboxylic acids is 1. The number of rotatable bonds is 13. The maximum atomic E-state index is 14.3. The van der Waals surface area contributed by atoms with Crippen LogP contribution in [0.3, 0.4) is 0 Å². The van der Waals surface area contributed by atoms with Crippen molar-refractivity contribution >= 4 is 5.97 Å². The van der Waals surface area contributed by atoms with E-state index in [1.165, 1.54) is 17.3 Å². The normalized spacial score (nSPS) is 21.9. The van der Waals surface area contributed by atoms with E-state index in [1.54, 1.807) is 12.1 Å². The van der Waals surface area contributed by atoms with E-state index >= 15 is 0 Å². The topological polar surface area (TPSA) is 70.8 Å². The summed E-state index contributed by atoms with van der Waals surface area (Å²) in [6, 6.07) is 17.3. The van der Waals surface area contributed by atoms with Gasteiger partial charge in [-0.3, -0.25) is 14.4 Å². The molecule has 3 unspecified atom stereocenters. The summed E-state index contributed by atoms with van der Waals surface area (Å²) >= 11 is 0. The van der Waals surface area contributed by atoms with Gasteiger partial charge in [-0.25, -0.2) is 4.39 Å². The molecule has 1 saturated carbocycles. The minimum absolute atomic E-state index is 0.00973. The molecular formula is C37H51FN4O3. The van der Waals surface area contributed by atoms with Gasteiger partial charge in [0, 0.05) is 37.2 Å². The average Bonchev–Trinajstić information content (AvgIpc) is 3.62. The number of halogens is 1. The molecule has 2 aliphatic rings.